The summed E-state index contributed by atoms with van der Waals surface area (Å²) >= 11 is 5.89. The third kappa shape index (κ3) is 2.61. The molecule has 110 valence electrons. The number of fused-ring (bicyclic) bond motifs is 1. The highest BCUT2D eigenvalue weighted by Gasteiger charge is 2.15. The van der Waals surface area contributed by atoms with Crippen LogP contribution in [0.1, 0.15) is 17.5 Å². The Morgan fingerprint density at radius 2 is 2.24 bits per heavy atom. The molecule has 3 aromatic rings. The number of aryl methyl sites for hydroxylation is 2. The summed E-state index contributed by atoms with van der Waals surface area (Å²) in [5.41, 5.74) is 1.83. The van der Waals surface area contributed by atoms with Crippen LogP contribution >= 0.6 is 11.6 Å². The number of alkyl halides is 1. The van der Waals surface area contributed by atoms with Crippen molar-refractivity contribution in [2.45, 2.75) is 19.9 Å². The largest absolute Gasteiger partial charge is 0.494 e. The van der Waals surface area contributed by atoms with Gasteiger partial charge in [-0.05, 0) is 19.1 Å². The predicted molar refractivity (Wildman–Crippen MR) is 81.1 cm³/mol. The number of ether oxygens (including phenoxy) is 1. The van der Waals surface area contributed by atoms with Gasteiger partial charge in [0.15, 0.2) is 0 Å². The van der Waals surface area contributed by atoms with E-state index in [1.165, 1.54) is 0 Å². The Hall–Kier alpha value is -2.01. The minimum atomic E-state index is 0.510. The molecule has 0 spiro atoms. The Morgan fingerprint density at radius 3 is 2.90 bits per heavy atom. The van der Waals surface area contributed by atoms with E-state index < -0.39 is 0 Å². The summed E-state index contributed by atoms with van der Waals surface area (Å²) in [5.74, 6) is 3.62. The third-order valence-electron chi connectivity index (χ3n) is 3.32. The Morgan fingerprint density at radius 1 is 1.38 bits per heavy atom. The first-order valence-electron chi connectivity index (χ1n) is 6.72. The average molecular weight is 306 g/mol. The van der Waals surface area contributed by atoms with Crippen molar-refractivity contribution in [2.75, 3.05) is 13.0 Å². The SMILES string of the molecule is COc1cccc2c1nc(CCCl)n2Cc1ncc(C)o1. The maximum absolute atomic E-state index is 5.89. The monoisotopic (exact) mass is 305 g/mol. The number of methoxy groups -OCH3 is 1. The minimum absolute atomic E-state index is 0.510. The van der Waals surface area contributed by atoms with E-state index in [1.54, 1.807) is 13.3 Å². The number of imidazole rings is 1. The molecule has 0 atom stereocenters. The number of aromatic nitrogens is 3. The summed E-state index contributed by atoms with van der Waals surface area (Å²) in [7, 11) is 1.65. The molecule has 0 aliphatic rings. The average Bonchev–Trinajstić information content (AvgIpc) is 3.04. The molecule has 0 saturated heterocycles. The van der Waals surface area contributed by atoms with Gasteiger partial charge in [-0.15, -0.1) is 11.6 Å². The Kier molecular flexibility index (Phi) is 3.84. The van der Waals surface area contributed by atoms with E-state index in [9.17, 15) is 0 Å². The highest BCUT2D eigenvalue weighted by atomic mass is 35.5. The number of nitrogens with zero attached hydrogens (tertiary/aromatic N) is 3. The second kappa shape index (κ2) is 5.77. The number of para-hydroxylation sites is 1. The second-order valence-corrected chi connectivity index (χ2v) is 5.12. The van der Waals surface area contributed by atoms with Crippen LogP contribution in [0.2, 0.25) is 0 Å². The van der Waals surface area contributed by atoms with Gasteiger partial charge < -0.3 is 13.7 Å². The van der Waals surface area contributed by atoms with Crippen molar-refractivity contribution < 1.29 is 9.15 Å². The molecule has 6 heteroatoms. The summed E-state index contributed by atoms with van der Waals surface area (Å²) in [6.45, 7) is 2.41. The smallest absolute Gasteiger partial charge is 0.214 e. The molecule has 0 N–H and O–H groups in total. The fourth-order valence-electron chi connectivity index (χ4n) is 2.40. The van der Waals surface area contributed by atoms with Gasteiger partial charge >= 0.3 is 0 Å². The topological polar surface area (TPSA) is 53.1 Å². The van der Waals surface area contributed by atoms with Gasteiger partial charge in [0, 0.05) is 12.3 Å². The molecular weight excluding hydrogens is 290 g/mol. The molecule has 0 fully saturated rings. The number of halogens is 1. The Balaban J connectivity index is 2.11. The van der Waals surface area contributed by atoms with Crippen molar-refractivity contribution in [3.8, 4) is 5.75 Å². The summed E-state index contributed by atoms with van der Waals surface area (Å²) in [6, 6.07) is 5.86. The molecule has 0 aliphatic carbocycles. The molecule has 0 saturated carbocycles. The lowest BCUT2D eigenvalue weighted by Gasteiger charge is -2.06. The van der Waals surface area contributed by atoms with Crippen LogP contribution in [0, 0.1) is 6.92 Å². The standard InChI is InChI=1S/C15H16ClN3O2/c1-10-8-17-14(21-10)9-19-11-4-3-5-12(20-2)15(11)18-13(19)6-7-16/h3-5,8H,6-7,9H2,1-2H3. The molecule has 0 radical (unpaired) electrons. The zero-order valence-corrected chi connectivity index (χ0v) is 12.7. The molecule has 1 aromatic carbocycles. The van der Waals surface area contributed by atoms with E-state index in [1.807, 2.05) is 25.1 Å². The first-order valence-corrected chi connectivity index (χ1v) is 7.25. The molecule has 0 bridgehead atoms. The predicted octanol–water partition coefficient (Wildman–Crippen LogP) is 3.17. The third-order valence-corrected chi connectivity index (χ3v) is 3.51. The first-order chi connectivity index (χ1) is 10.2. The fourth-order valence-corrected chi connectivity index (χ4v) is 2.56. The van der Waals surface area contributed by atoms with Crippen LogP contribution in [-0.4, -0.2) is 27.5 Å². The van der Waals surface area contributed by atoms with E-state index in [4.69, 9.17) is 20.8 Å². The molecule has 21 heavy (non-hydrogen) atoms. The van der Waals surface area contributed by atoms with Crippen LogP contribution in [0.4, 0.5) is 0 Å². The lowest BCUT2D eigenvalue weighted by atomic mass is 10.3. The molecule has 2 heterocycles. The number of hydrogen-bond donors (Lipinski definition) is 0. The van der Waals surface area contributed by atoms with E-state index >= 15 is 0 Å². The number of oxazole rings is 1. The quantitative estimate of drug-likeness (QED) is 0.679. The second-order valence-electron chi connectivity index (χ2n) is 4.75. The number of rotatable bonds is 5. The van der Waals surface area contributed by atoms with Crippen molar-refractivity contribution in [3.63, 3.8) is 0 Å². The van der Waals surface area contributed by atoms with E-state index in [2.05, 4.69) is 14.5 Å². The van der Waals surface area contributed by atoms with Gasteiger partial charge in [0.05, 0.1) is 18.8 Å². The van der Waals surface area contributed by atoms with Crippen LogP contribution in [0.5, 0.6) is 5.75 Å². The summed E-state index contributed by atoms with van der Waals surface area (Å²) in [4.78, 5) is 8.92. The van der Waals surface area contributed by atoms with Crippen molar-refractivity contribution in [2.24, 2.45) is 0 Å². The Bertz CT molecular complexity index is 763. The highest BCUT2D eigenvalue weighted by molar-refractivity contribution is 6.17. The van der Waals surface area contributed by atoms with Crippen LogP contribution in [0.25, 0.3) is 11.0 Å². The maximum atomic E-state index is 5.89. The van der Waals surface area contributed by atoms with Crippen LogP contribution in [0.3, 0.4) is 0 Å². The lowest BCUT2D eigenvalue weighted by molar-refractivity contribution is 0.419. The highest BCUT2D eigenvalue weighted by Crippen LogP contribution is 2.26. The van der Waals surface area contributed by atoms with Crippen molar-refractivity contribution in [3.05, 3.63) is 41.9 Å². The van der Waals surface area contributed by atoms with E-state index in [-0.39, 0.29) is 0 Å². The fraction of sp³-hybridized carbons (Fsp3) is 0.333. The maximum Gasteiger partial charge on any atom is 0.214 e. The van der Waals surface area contributed by atoms with E-state index in [0.717, 1.165) is 28.4 Å². The van der Waals surface area contributed by atoms with Crippen LogP contribution in [-0.2, 0) is 13.0 Å². The number of hydrogen-bond acceptors (Lipinski definition) is 4. The van der Waals surface area contributed by atoms with Gasteiger partial charge in [-0.3, -0.25) is 0 Å². The van der Waals surface area contributed by atoms with Gasteiger partial charge in [0.2, 0.25) is 5.89 Å². The van der Waals surface area contributed by atoms with Crippen molar-refractivity contribution in [1.82, 2.24) is 14.5 Å². The summed E-state index contributed by atoms with van der Waals surface area (Å²) < 4.78 is 13.0. The normalized spacial score (nSPS) is 11.2. The molecular formula is C15H16ClN3O2. The molecule has 0 unspecified atom stereocenters. The van der Waals surface area contributed by atoms with Gasteiger partial charge in [0.25, 0.3) is 0 Å². The van der Waals surface area contributed by atoms with Gasteiger partial charge in [0.1, 0.15) is 29.4 Å². The first kappa shape index (κ1) is 13.9. The van der Waals surface area contributed by atoms with Crippen molar-refractivity contribution in [1.29, 1.82) is 0 Å². The summed E-state index contributed by atoms with van der Waals surface area (Å²) in [6.07, 6.45) is 2.40. The molecule has 5 nitrogen and oxygen atoms in total. The van der Waals surface area contributed by atoms with Crippen LogP contribution in [0.15, 0.2) is 28.8 Å². The number of benzene rings is 1. The zero-order valence-electron chi connectivity index (χ0n) is 12.0. The zero-order chi connectivity index (χ0) is 14.8. The molecule has 0 amide bonds. The van der Waals surface area contributed by atoms with Gasteiger partial charge in [-0.1, -0.05) is 6.07 Å². The van der Waals surface area contributed by atoms with Gasteiger partial charge in [-0.2, -0.15) is 0 Å². The van der Waals surface area contributed by atoms with Crippen molar-refractivity contribution >= 4 is 22.6 Å². The van der Waals surface area contributed by atoms with Crippen LogP contribution < -0.4 is 4.74 Å². The molecule has 0 aliphatic heterocycles. The lowest BCUT2D eigenvalue weighted by Crippen LogP contribution is -2.06. The Labute approximate surface area is 127 Å². The summed E-state index contributed by atoms with van der Waals surface area (Å²) in [5, 5.41) is 0. The molecule has 2 aromatic heterocycles. The molecule has 3 rings (SSSR count). The van der Waals surface area contributed by atoms with E-state index in [0.29, 0.717) is 24.7 Å². The van der Waals surface area contributed by atoms with Gasteiger partial charge in [-0.25, -0.2) is 9.97 Å². The minimum Gasteiger partial charge on any atom is -0.494 e.